The zero-order valence-electron chi connectivity index (χ0n) is 56.0. The number of allylic oxidation sites excluding steroid dienone is 2. The average Bonchev–Trinajstić information content (AvgIpc) is 3.48. The van der Waals surface area contributed by atoms with Crippen molar-refractivity contribution in [1.82, 2.24) is 5.32 Å². The predicted molar refractivity (Wildman–Crippen MR) is 361 cm³/mol. The summed E-state index contributed by atoms with van der Waals surface area (Å²) in [4.78, 5) is 24.6. The van der Waals surface area contributed by atoms with Crippen molar-refractivity contribution in [3.63, 3.8) is 0 Å². The summed E-state index contributed by atoms with van der Waals surface area (Å²) in [6.07, 6.45) is 90.0. The molecule has 0 saturated heterocycles. The summed E-state index contributed by atoms with van der Waals surface area (Å²) in [7, 11) is 0. The lowest BCUT2D eigenvalue weighted by Crippen LogP contribution is -2.45. The van der Waals surface area contributed by atoms with Crippen LogP contribution in [0.3, 0.4) is 0 Å². The van der Waals surface area contributed by atoms with Crippen LogP contribution in [0.2, 0.25) is 0 Å². The maximum Gasteiger partial charge on any atom is 0.305 e. The highest BCUT2D eigenvalue weighted by Gasteiger charge is 2.20. The van der Waals surface area contributed by atoms with Gasteiger partial charge in [-0.25, -0.2) is 0 Å². The van der Waals surface area contributed by atoms with Crippen molar-refractivity contribution in [2.24, 2.45) is 0 Å². The first kappa shape index (κ1) is 80.6. The monoisotopic (exact) mass is 1160 g/mol. The maximum absolute atomic E-state index is 12.6. The van der Waals surface area contributed by atoms with Crippen LogP contribution in [0.1, 0.15) is 438 Å². The number of carbonyl (C=O) groups excluding carboxylic acids is 2. The van der Waals surface area contributed by atoms with E-state index in [0.29, 0.717) is 25.9 Å². The van der Waals surface area contributed by atoms with Gasteiger partial charge in [-0.05, 0) is 51.4 Å². The van der Waals surface area contributed by atoms with Gasteiger partial charge in [0.15, 0.2) is 0 Å². The summed E-state index contributed by atoms with van der Waals surface area (Å²) in [6.45, 7) is 5.00. The van der Waals surface area contributed by atoms with Crippen molar-refractivity contribution in [1.29, 1.82) is 0 Å². The molecule has 0 bridgehead atoms. The maximum atomic E-state index is 12.6. The molecular formula is C76H149NO5. The van der Waals surface area contributed by atoms with Crippen LogP contribution in [0, 0.1) is 0 Å². The molecule has 488 valence electrons. The summed E-state index contributed by atoms with van der Waals surface area (Å²) in [6, 6.07) is -0.539. The van der Waals surface area contributed by atoms with E-state index in [1.54, 1.807) is 0 Å². The molecule has 3 N–H and O–H groups in total. The van der Waals surface area contributed by atoms with Crippen molar-refractivity contribution < 1.29 is 24.5 Å². The third-order valence-corrected chi connectivity index (χ3v) is 18.1. The highest BCUT2D eigenvalue weighted by molar-refractivity contribution is 5.76. The van der Waals surface area contributed by atoms with Gasteiger partial charge in [0, 0.05) is 12.8 Å². The van der Waals surface area contributed by atoms with E-state index >= 15 is 0 Å². The predicted octanol–water partition coefficient (Wildman–Crippen LogP) is 24.7. The Morgan fingerprint density at radius 3 is 0.866 bits per heavy atom. The second-order valence-electron chi connectivity index (χ2n) is 26.3. The van der Waals surface area contributed by atoms with Crippen molar-refractivity contribution in [3.05, 3.63) is 12.2 Å². The molecule has 0 spiro atoms. The van der Waals surface area contributed by atoms with Crippen LogP contribution >= 0.6 is 0 Å². The fourth-order valence-electron chi connectivity index (χ4n) is 12.3. The van der Waals surface area contributed by atoms with Crippen LogP contribution in [0.5, 0.6) is 0 Å². The number of amides is 1. The molecule has 1 amide bonds. The third kappa shape index (κ3) is 67.7. The van der Waals surface area contributed by atoms with E-state index in [1.165, 1.54) is 360 Å². The third-order valence-electron chi connectivity index (χ3n) is 18.1. The first-order chi connectivity index (χ1) is 40.5. The minimum atomic E-state index is -0.662. The van der Waals surface area contributed by atoms with E-state index in [1.807, 2.05) is 0 Å². The highest BCUT2D eigenvalue weighted by atomic mass is 16.5. The van der Waals surface area contributed by atoms with Crippen LogP contribution in [0.25, 0.3) is 0 Å². The fraction of sp³-hybridized carbons (Fsp3) is 0.947. The molecular weight excluding hydrogens is 1010 g/mol. The minimum Gasteiger partial charge on any atom is -0.466 e. The fourth-order valence-corrected chi connectivity index (χ4v) is 12.3. The summed E-state index contributed by atoms with van der Waals surface area (Å²) in [5, 5.41) is 23.4. The smallest absolute Gasteiger partial charge is 0.305 e. The largest absolute Gasteiger partial charge is 0.466 e. The molecule has 0 radical (unpaired) electrons. The van der Waals surface area contributed by atoms with Crippen molar-refractivity contribution in [2.45, 2.75) is 450 Å². The molecule has 0 aliphatic heterocycles. The first-order valence-corrected chi connectivity index (χ1v) is 37.9. The Hall–Kier alpha value is -1.40. The van der Waals surface area contributed by atoms with E-state index in [9.17, 15) is 19.8 Å². The van der Waals surface area contributed by atoms with E-state index < -0.39 is 12.1 Å². The van der Waals surface area contributed by atoms with Gasteiger partial charge in [-0.1, -0.05) is 386 Å². The lowest BCUT2D eigenvalue weighted by molar-refractivity contribution is -0.143. The van der Waals surface area contributed by atoms with Crippen LogP contribution in [0.15, 0.2) is 12.2 Å². The Morgan fingerprint density at radius 1 is 0.329 bits per heavy atom. The first-order valence-electron chi connectivity index (χ1n) is 37.9. The Balaban J connectivity index is 3.33. The number of rotatable bonds is 72. The number of ether oxygens (including phenoxy) is 1. The number of aliphatic hydroxyl groups is 2. The van der Waals surface area contributed by atoms with Crippen molar-refractivity contribution in [3.8, 4) is 0 Å². The van der Waals surface area contributed by atoms with Crippen LogP contribution < -0.4 is 5.32 Å². The quantitative estimate of drug-likeness (QED) is 0.0320. The topological polar surface area (TPSA) is 95.9 Å². The number of aliphatic hydroxyl groups excluding tert-OH is 2. The molecule has 2 unspecified atom stereocenters. The standard InChI is InChI=1S/C76H149NO5/c1-3-5-7-9-11-13-15-17-19-21-22-34-37-40-44-48-52-56-60-64-68-74(79)73(72-78)77-75(80)69-65-61-57-53-49-45-41-38-35-32-30-28-26-24-23-25-27-29-31-33-36-39-43-47-51-55-59-63-67-71-82-76(81)70-66-62-58-54-50-46-42-20-18-16-14-12-10-8-6-4-2/h20,42,73-74,78-79H,3-19,21-41,43-72H2,1-2H3,(H,77,80)/b42-20-. The Kier molecular flexibility index (Phi) is 70.8. The second kappa shape index (κ2) is 72.1. The number of esters is 1. The molecule has 0 aromatic heterocycles. The van der Waals surface area contributed by atoms with Gasteiger partial charge in [0.05, 0.1) is 25.4 Å². The Labute approximate surface area is 514 Å². The molecule has 6 heteroatoms. The van der Waals surface area contributed by atoms with Crippen LogP contribution in [0.4, 0.5) is 0 Å². The molecule has 0 saturated carbocycles. The highest BCUT2D eigenvalue weighted by Crippen LogP contribution is 2.20. The van der Waals surface area contributed by atoms with Gasteiger partial charge in [-0.15, -0.1) is 0 Å². The zero-order valence-corrected chi connectivity index (χ0v) is 56.0. The molecule has 82 heavy (non-hydrogen) atoms. The summed E-state index contributed by atoms with van der Waals surface area (Å²) in [5.74, 6) is -0.0130. The van der Waals surface area contributed by atoms with Gasteiger partial charge >= 0.3 is 5.97 Å². The van der Waals surface area contributed by atoms with Crippen molar-refractivity contribution >= 4 is 11.9 Å². The van der Waals surface area contributed by atoms with Crippen molar-refractivity contribution in [2.75, 3.05) is 13.2 Å². The molecule has 0 aliphatic carbocycles. The van der Waals surface area contributed by atoms with Gasteiger partial charge in [0.25, 0.3) is 0 Å². The molecule has 0 aliphatic rings. The van der Waals surface area contributed by atoms with Gasteiger partial charge < -0.3 is 20.3 Å². The second-order valence-corrected chi connectivity index (χ2v) is 26.3. The molecule has 0 aromatic carbocycles. The Bertz CT molecular complexity index is 1240. The lowest BCUT2D eigenvalue weighted by Gasteiger charge is -2.22. The number of hydrogen-bond acceptors (Lipinski definition) is 5. The molecule has 2 atom stereocenters. The summed E-state index contributed by atoms with van der Waals surface area (Å²) >= 11 is 0. The molecule has 0 fully saturated rings. The SMILES string of the molecule is CCCCCCCCC/C=C\CCCCCCCC(=O)OCCCCCCCCCCCCCCCCCCCCCCCCCCCCCCCC(=O)NC(CO)C(O)CCCCCCCCCCCCCCCCCCCCCC. The van der Waals surface area contributed by atoms with Gasteiger partial charge in [-0.2, -0.15) is 0 Å². The van der Waals surface area contributed by atoms with Crippen LogP contribution in [-0.4, -0.2) is 47.4 Å². The molecule has 0 rings (SSSR count). The van der Waals surface area contributed by atoms with Gasteiger partial charge in [0.2, 0.25) is 5.91 Å². The molecule has 0 heterocycles. The van der Waals surface area contributed by atoms with E-state index in [4.69, 9.17) is 4.74 Å². The zero-order chi connectivity index (χ0) is 59.2. The van der Waals surface area contributed by atoms with E-state index in [-0.39, 0.29) is 18.5 Å². The van der Waals surface area contributed by atoms with E-state index in [0.717, 1.165) is 44.9 Å². The Morgan fingerprint density at radius 2 is 0.573 bits per heavy atom. The van der Waals surface area contributed by atoms with E-state index in [2.05, 4.69) is 31.3 Å². The summed E-state index contributed by atoms with van der Waals surface area (Å²) in [5.41, 5.74) is 0. The minimum absolute atomic E-state index is 0.0133. The summed E-state index contributed by atoms with van der Waals surface area (Å²) < 4.78 is 5.50. The number of nitrogens with one attached hydrogen (secondary N) is 1. The van der Waals surface area contributed by atoms with Gasteiger partial charge in [-0.3, -0.25) is 9.59 Å². The molecule has 0 aromatic rings. The van der Waals surface area contributed by atoms with Crippen LogP contribution in [-0.2, 0) is 14.3 Å². The number of unbranched alkanes of at least 4 members (excludes halogenated alkanes) is 59. The normalized spacial score (nSPS) is 12.5. The average molecular weight is 1160 g/mol. The number of hydrogen-bond donors (Lipinski definition) is 3. The number of carbonyl (C=O) groups is 2. The molecule has 6 nitrogen and oxygen atoms in total. The van der Waals surface area contributed by atoms with Gasteiger partial charge in [0.1, 0.15) is 0 Å². The lowest BCUT2D eigenvalue weighted by atomic mass is 10.0.